The Balaban J connectivity index is 1.45. The van der Waals surface area contributed by atoms with Crippen LogP contribution in [-0.4, -0.2) is 64.4 Å². The minimum atomic E-state index is -0.285. The van der Waals surface area contributed by atoms with E-state index in [0.29, 0.717) is 41.8 Å². The van der Waals surface area contributed by atoms with E-state index in [1.165, 1.54) is 0 Å². The summed E-state index contributed by atoms with van der Waals surface area (Å²) in [7, 11) is 6.34. The highest BCUT2D eigenvalue weighted by atomic mass is 16.5. The first-order valence-corrected chi connectivity index (χ1v) is 11.2. The second-order valence-electron chi connectivity index (χ2n) is 8.42. The van der Waals surface area contributed by atoms with Crippen molar-refractivity contribution in [2.75, 3.05) is 46.4 Å². The highest BCUT2D eigenvalue weighted by molar-refractivity contribution is 5.97. The molecule has 1 N–H and O–H groups in total. The maximum absolute atomic E-state index is 13.2. The van der Waals surface area contributed by atoms with Crippen molar-refractivity contribution in [2.45, 2.75) is 31.8 Å². The second-order valence-corrected chi connectivity index (χ2v) is 8.42. The molecule has 0 aromatic heterocycles. The van der Waals surface area contributed by atoms with Crippen LogP contribution in [0.3, 0.4) is 0 Å². The molecule has 2 aliphatic heterocycles. The number of ether oxygens (including phenoxy) is 4. The minimum absolute atomic E-state index is 0.0496. The fraction of sp³-hybridized carbons (Fsp3) is 0.440. The number of rotatable bonds is 6. The fourth-order valence-corrected chi connectivity index (χ4v) is 4.73. The third-order valence-electron chi connectivity index (χ3n) is 6.58. The summed E-state index contributed by atoms with van der Waals surface area (Å²) in [5.41, 5.74) is 2.89. The molecule has 2 aromatic carbocycles. The molecule has 1 fully saturated rings. The van der Waals surface area contributed by atoms with Crippen LogP contribution >= 0.6 is 0 Å². The molecule has 4 rings (SSSR count). The van der Waals surface area contributed by atoms with Gasteiger partial charge >= 0.3 is 6.03 Å². The van der Waals surface area contributed by atoms with Crippen molar-refractivity contribution in [3.8, 4) is 23.0 Å². The number of fused-ring (bicyclic) bond motifs is 1. The summed E-state index contributed by atoms with van der Waals surface area (Å²) in [6, 6.07) is 8.67. The molecule has 0 bridgehead atoms. The van der Waals surface area contributed by atoms with E-state index in [-0.39, 0.29) is 30.4 Å². The van der Waals surface area contributed by atoms with Crippen LogP contribution in [0.4, 0.5) is 10.5 Å². The zero-order valence-corrected chi connectivity index (χ0v) is 20.2. The van der Waals surface area contributed by atoms with E-state index in [9.17, 15) is 9.59 Å². The second kappa shape index (κ2) is 9.70. The minimum Gasteiger partial charge on any atom is -0.493 e. The zero-order valence-electron chi connectivity index (χ0n) is 20.2. The van der Waals surface area contributed by atoms with Crippen LogP contribution in [0.15, 0.2) is 30.3 Å². The Bertz CT molecular complexity index is 1090. The van der Waals surface area contributed by atoms with Gasteiger partial charge in [-0.05, 0) is 48.7 Å². The molecular formula is C25H31N3O6. The molecule has 2 aliphatic rings. The molecule has 9 heteroatoms. The summed E-state index contributed by atoms with van der Waals surface area (Å²) in [6.07, 6.45) is 0.957. The first kappa shape index (κ1) is 23.5. The van der Waals surface area contributed by atoms with Crippen LogP contribution < -0.4 is 29.2 Å². The number of benzene rings is 2. The van der Waals surface area contributed by atoms with Gasteiger partial charge in [-0.15, -0.1) is 0 Å². The van der Waals surface area contributed by atoms with Crippen molar-refractivity contribution in [3.05, 3.63) is 41.5 Å². The predicted octanol–water partition coefficient (Wildman–Crippen LogP) is 3.16. The summed E-state index contributed by atoms with van der Waals surface area (Å²) in [6.45, 7) is 2.97. The average Bonchev–Trinajstić information content (AvgIpc) is 3.22. The Kier molecular flexibility index (Phi) is 6.72. The third-order valence-corrected chi connectivity index (χ3v) is 6.58. The molecular weight excluding hydrogens is 438 g/mol. The van der Waals surface area contributed by atoms with Gasteiger partial charge in [0.25, 0.3) is 0 Å². The lowest BCUT2D eigenvalue weighted by Crippen LogP contribution is -2.48. The van der Waals surface area contributed by atoms with Crippen molar-refractivity contribution in [1.82, 2.24) is 10.2 Å². The van der Waals surface area contributed by atoms with Crippen LogP contribution in [0.25, 0.3) is 0 Å². The summed E-state index contributed by atoms with van der Waals surface area (Å²) in [5, 5.41) is 3.05. The predicted molar refractivity (Wildman–Crippen MR) is 127 cm³/mol. The van der Waals surface area contributed by atoms with Crippen LogP contribution in [0, 0.1) is 0 Å². The van der Waals surface area contributed by atoms with Gasteiger partial charge in [-0.1, -0.05) is 0 Å². The van der Waals surface area contributed by atoms with E-state index in [4.69, 9.17) is 18.9 Å². The van der Waals surface area contributed by atoms with Gasteiger partial charge in [0, 0.05) is 31.3 Å². The molecule has 2 aromatic rings. The quantitative estimate of drug-likeness (QED) is 0.699. The SMILES string of the molecule is COc1ccc(N2C[C@H](NC(=O)N3CCc4cc(OC)c(OC)cc4[C@H]3C)CC2=O)cc1OC. The molecule has 2 atom stereocenters. The number of carbonyl (C=O) groups is 2. The summed E-state index contributed by atoms with van der Waals surface area (Å²) >= 11 is 0. The molecule has 34 heavy (non-hydrogen) atoms. The van der Waals surface area contributed by atoms with Crippen LogP contribution in [0.1, 0.15) is 30.5 Å². The van der Waals surface area contributed by atoms with Crippen molar-refractivity contribution in [3.63, 3.8) is 0 Å². The maximum atomic E-state index is 13.2. The lowest BCUT2D eigenvalue weighted by Gasteiger charge is -2.36. The largest absolute Gasteiger partial charge is 0.493 e. The summed E-state index contributed by atoms with van der Waals surface area (Å²) < 4.78 is 21.5. The number of carbonyl (C=O) groups excluding carboxylic acids is 2. The lowest BCUT2D eigenvalue weighted by atomic mass is 9.93. The standard InChI is InChI=1S/C25H31N3O6/c1-15-19-13-23(34-5)21(32-3)10-16(19)8-9-27(15)25(30)26-17-11-24(29)28(14-17)18-6-7-20(31-2)22(12-18)33-4/h6-7,10,12-13,15,17H,8-9,11,14H2,1-5H3,(H,26,30)/t15-,17-/m1/s1. The van der Waals surface area contributed by atoms with E-state index in [2.05, 4.69) is 5.32 Å². The van der Waals surface area contributed by atoms with Crippen molar-refractivity contribution >= 4 is 17.6 Å². The smallest absolute Gasteiger partial charge is 0.318 e. The van der Waals surface area contributed by atoms with E-state index in [1.54, 1.807) is 50.4 Å². The highest BCUT2D eigenvalue weighted by Crippen LogP contribution is 2.38. The van der Waals surface area contributed by atoms with Gasteiger partial charge in [-0.3, -0.25) is 4.79 Å². The third kappa shape index (κ3) is 4.30. The normalized spacial score (nSPS) is 19.5. The number of anilines is 1. The molecule has 9 nitrogen and oxygen atoms in total. The summed E-state index contributed by atoms with van der Waals surface area (Å²) in [4.78, 5) is 29.4. The van der Waals surface area contributed by atoms with Gasteiger partial charge in [0.15, 0.2) is 23.0 Å². The number of amides is 3. The van der Waals surface area contributed by atoms with E-state index >= 15 is 0 Å². The topological polar surface area (TPSA) is 89.6 Å². The maximum Gasteiger partial charge on any atom is 0.318 e. The highest BCUT2D eigenvalue weighted by Gasteiger charge is 2.35. The number of hydrogen-bond donors (Lipinski definition) is 1. The molecule has 1 saturated heterocycles. The molecule has 2 heterocycles. The first-order valence-electron chi connectivity index (χ1n) is 11.2. The molecule has 0 aliphatic carbocycles. The molecule has 0 radical (unpaired) electrons. The van der Waals surface area contributed by atoms with Gasteiger partial charge in [0.1, 0.15) is 0 Å². The Hall–Kier alpha value is -3.62. The number of methoxy groups -OCH3 is 4. The number of nitrogens with one attached hydrogen (secondary N) is 1. The van der Waals surface area contributed by atoms with E-state index < -0.39 is 0 Å². The van der Waals surface area contributed by atoms with Gasteiger partial charge in [-0.25, -0.2) is 4.79 Å². The monoisotopic (exact) mass is 469 g/mol. The van der Waals surface area contributed by atoms with Gasteiger partial charge in [-0.2, -0.15) is 0 Å². The Morgan fingerprint density at radius 1 is 0.941 bits per heavy atom. The van der Waals surface area contributed by atoms with Crippen LogP contribution in [0.5, 0.6) is 23.0 Å². The molecule has 0 saturated carbocycles. The van der Waals surface area contributed by atoms with Crippen molar-refractivity contribution in [1.29, 1.82) is 0 Å². The molecule has 182 valence electrons. The number of nitrogens with zero attached hydrogens (tertiary/aromatic N) is 2. The number of urea groups is 1. The Morgan fingerprint density at radius 3 is 2.26 bits per heavy atom. The Morgan fingerprint density at radius 2 is 1.59 bits per heavy atom. The zero-order chi connectivity index (χ0) is 24.4. The van der Waals surface area contributed by atoms with Gasteiger partial charge < -0.3 is 34.1 Å². The van der Waals surface area contributed by atoms with Crippen molar-refractivity contribution in [2.24, 2.45) is 0 Å². The van der Waals surface area contributed by atoms with E-state index in [1.807, 2.05) is 25.1 Å². The lowest BCUT2D eigenvalue weighted by molar-refractivity contribution is -0.117. The fourth-order valence-electron chi connectivity index (χ4n) is 4.73. The molecule has 0 spiro atoms. The number of hydrogen-bond acceptors (Lipinski definition) is 6. The van der Waals surface area contributed by atoms with E-state index in [0.717, 1.165) is 17.5 Å². The average molecular weight is 470 g/mol. The van der Waals surface area contributed by atoms with Crippen LogP contribution in [0.2, 0.25) is 0 Å². The molecule has 3 amide bonds. The van der Waals surface area contributed by atoms with Crippen LogP contribution in [-0.2, 0) is 11.2 Å². The first-order chi connectivity index (χ1) is 16.4. The van der Waals surface area contributed by atoms with Gasteiger partial charge in [0.2, 0.25) is 5.91 Å². The van der Waals surface area contributed by atoms with Gasteiger partial charge in [0.05, 0.1) is 40.5 Å². The van der Waals surface area contributed by atoms with Crippen molar-refractivity contribution < 1.29 is 28.5 Å². The molecule has 0 unspecified atom stereocenters. The summed E-state index contributed by atoms with van der Waals surface area (Å²) in [5.74, 6) is 2.42. The Labute approximate surface area is 199 Å².